The number of carbonyl (C=O) groups excluding carboxylic acids is 3. The number of hydrogen-bond donors (Lipinski definition) is 2. The fraction of sp³-hybridized carbons (Fsp3) is 0.118. The van der Waals surface area contributed by atoms with Gasteiger partial charge in [0, 0.05) is 4.90 Å². The molecule has 0 radical (unpaired) electrons. The van der Waals surface area contributed by atoms with Crippen LogP contribution in [0.5, 0.6) is 0 Å². The van der Waals surface area contributed by atoms with Crippen LogP contribution in [0, 0.1) is 5.82 Å². The molecule has 27 heavy (non-hydrogen) atoms. The van der Waals surface area contributed by atoms with Crippen LogP contribution >= 0.6 is 11.8 Å². The Morgan fingerprint density at radius 3 is 2.33 bits per heavy atom. The molecule has 0 fully saturated rings. The van der Waals surface area contributed by atoms with Gasteiger partial charge in [0.25, 0.3) is 5.91 Å². The topological polar surface area (TPSA) is 89.3 Å². The molecule has 2 aromatic rings. The van der Waals surface area contributed by atoms with Gasteiger partial charge < -0.3 is 11.1 Å². The second kappa shape index (κ2) is 8.21. The molecule has 0 aliphatic heterocycles. The molecule has 0 aromatic heterocycles. The average Bonchev–Trinajstić information content (AvgIpc) is 2.59. The van der Waals surface area contributed by atoms with Gasteiger partial charge in [0.15, 0.2) is 0 Å². The second-order valence-electron chi connectivity index (χ2n) is 5.19. The van der Waals surface area contributed by atoms with E-state index in [4.69, 9.17) is 5.73 Å². The minimum absolute atomic E-state index is 0.000785. The zero-order chi connectivity index (χ0) is 20.2. The zero-order valence-corrected chi connectivity index (χ0v) is 14.3. The molecule has 2 rings (SSSR count). The van der Waals surface area contributed by atoms with Crippen LogP contribution in [-0.4, -0.2) is 23.5 Å². The summed E-state index contributed by atoms with van der Waals surface area (Å²) in [5.41, 5.74) is 2.33. The van der Waals surface area contributed by atoms with E-state index < -0.39 is 46.6 Å². The van der Waals surface area contributed by atoms with E-state index in [2.05, 4.69) is 5.32 Å². The zero-order valence-electron chi connectivity index (χ0n) is 13.5. The number of alkyl halides is 3. The highest BCUT2D eigenvalue weighted by atomic mass is 32.2. The van der Waals surface area contributed by atoms with E-state index in [1.54, 1.807) is 0 Å². The first-order valence-electron chi connectivity index (χ1n) is 7.34. The van der Waals surface area contributed by atoms with Crippen LogP contribution in [0.2, 0.25) is 0 Å². The number of carbonyl (C=O) groups is 3. The summed E-state index contributed by atoms with van der Waals surface area (Å²) in [5, 5.41) is 0.994. The number of amides is 2. The molecule has 5 nitrogen and oxygen atoms in total. The van der Waals surface area contributed by atoms with E-state index in [0.717, 1.165) is 12.1 Å². The Labute approximate surface area is 154 Å². The monoisotopic (exact) mass is 400 g/mol. The molecule has 3 N–H and O–H groups in total. The molecule has 0 saturated heterocycles. The number of rotatable bonds is 5. The van der Waals surface area contributed by atoms with Crippen LogP contribution < -0.4 is 11.1 Å². The van der Waals surface area contributed by atoms with Gasteiger partial charge in [-0.1, -0.05) is 18.2 Å². The third kappa shape index (κ3) is 5.07. The average molecular weight is 400 g/mol. The molecule has 0 bridgehead atoms. The van der Waals surface area contributed by atoms with Crippen molar-refractivity contribution in [3.05, 3.63) is 65.0 Å². The normalized spacial score (nSPS) is 11.1. The van der Waals surface area contributed by atoms with Crippen LogP contribution in [0.1, 0.15) is 26.3 Å². The lowest BCUT2D eigenvalue weighted by Crippen LogP contribution is -2.33. The first-order chi connectivity index (χ1) is 12.6. The summed E-state index contributed by atoms with van der Waals surface area (Å²) < 4.78 is 53.2. The highest BCUT2D eigenvalue weighted by molar-refractivity contribution is 8.14. The molecule has 0 unspecified atom stereocenters. The van der Waals surface area contributed by atoms with Gasteiger partial charge in [-0.2, -0.15) is 13.2 Å². The van der Waals surface area contributed by atoms with Gasteiger partial charge in [-0.15, -0.1) is 0 Å². The third-order valence-corrected chi connectivity index (χ3v) is 4.25. The van der Waals surface area contributed by atoms with Crippen molar-refractivity contribution in [2.45, 2.75) is 11.1 Å². The smallest absolute Gasteiger partial charge is 0.368 e. The number of halogens is 4. The molecule has 2 aromatic carbocycles. The maximum Gasteiger partial charge on any atom is 0.417 e. The molecule has 10 heteroatoms. The van der Waals surface area contributed by atoms with Crippen molar-refractivity contribution < 1.29 is 31.9 Å². The second-order valence-corrected chi connectivity index (χ2v) is 6.21. The van der Waals surface area contributed by atoms with Crippen molar-refractivity contribution >= 4 is 28.7 Å². The van der Waals surface area contributed by atoms with Crippen LogP contribution in [-0.2, 0) is 11.0 Å². The third-order valence-electron chi connectivity index (χ3n) is 3.28. The highest BCUT2D eigenvalue weighted by Gasteiger charge is 2.37. The van der Waals surface area contributed by atoms with Crippen LogP contribution in [0.15, 0.2) is 47.4 Å². The van der Waals surface area contributed by atoms with Crippen molar-refractivity contribution in [1.29, 1.82) is 0 Å². The number of nitrogens with one attached hydrogen (secondary N) is 1. The van der Waals surface area contributed by atoms with Crippen molar-refractivity contribution in [2.75, 3.05) is 6.54 Å². The highest BCUT2D eigenvalue weighted by Crippen LogP contribution is 2.36. The molecule has 0 aliphatic carbocycles. The van der Waals surface area contributed by atoms with Crippen LogP contribution in [0.4, 0.5) is 17.6 Å². The number of benzene rings is 2. The standard InChI is InChI=1S/C17H12F4N2O3S/c18-11-6-3-5-10(17(19,20)21)14(11)16(26)27-12-7-2-1-4-9(12)15(25)23-8-13(22)24/h1-7H,8H2,(H2,22,24)(H,23,25). The lowest BCUT2D eigenvalue weighted by molar-refractivity contribution is -0.138. The first-order valence-corrected chi connectivity index (χ1v) is 8.16. The molecular weight excluding hydrogens is 388 g/mol. The molecule has 0 spiro atoms. The minimum Gasteiger partial charge on any atom is -0.368 e. The number of nitrogens with two attached hydrogens (primary N) is 1. The Balaban J connectivity index is 2.36. The maximum absolute atomic E-state index is 13.9. The Bertz CT molecular complexity index is 900. The van der Waals surface area contributed by atoms with E-state index in [1.807, 2.05) is 0 Å². The first kappa shape index (κ1) is 20.4. The van der Waals surface area contributed by atoms with Gasteiger partial charge >= 0.3 is 6.18 Å². The molecule has 142 valence electrons. The largest absolute Gasteiger partial charge is 0.417 e. The van der Waals surface area contributed by atoms with Gasteiger partial charge in [-0.25, -0.2) is 4.39 Å². The molecule has 0 aliphatic rings. The number of primary amides is 1. The van der Waals surface area contributed by atoms with Crippen molar-refractivity contribution in [1.82, 2.24) is 5.32 Å². The van der Waals surface area contributed by atoms with E-state index in [1.165, 1.54) is 24.3 Å². The van der Waals surface area contributed by atoms with Gasteiger partial charge in [0.05, 0.1) is 23.2 Å². The summed E-state index contributed by atoms with van der Waals surface area (Å²) in [6, 6.07) is 7.72. The molecular formula is C17H12F4N2O3S. The fourth-order valence-corrected chi connectivity index (χ4v) is 3.05. The van der Waals surface area contributed by atoms with Crippen molar-refractivity contribution in [3.8, 4) is 0 Å². The van der Waals surface area contributed by atoms with Gasteiger partial charge in [0.2, 0.25) is 11.0 Å². The molecule has 0 saturated carbocycles. The predicted octanol–water partition coefficient (Wildman–Crippen LogP) is 2.99. The Hall–Kier alpha value is -2.88. The molecule has 0 atom stereocenters. The lowest BCUT2D eigenvalue weighted by atomic mass is 10.1. The molecule has 0 heterocycles. The quantitative estimate of drug-likeness (QED) is 0.597. The van der Waals surface area contributed by atoms with Gasteiger partial charge in [0.1, 0.15) is 5.82 Å². The van der Waals surface area contributed by atoms with Gasteiger partial charge in [-0.05, 0) is 36.0 Å². The summed E-state index contributed by atoms with van der Waals surface area (Å²) in [5.74, 6) is -2.88. The van der Waals surface area contributed by atoms with E-state index in [0.29, 0.717) is 6.07 Å². The van der Waals surface area contributed by atoms with E-state index in [9.17, 15) is 31.9 Å². The molecule has 2 amide bonds. The number of hydrogen-bond acceptors (Lipinski definition) is 4. The minimum atomic E-state index is -4.92. The maximum atomic E-state index is 13.9. The van der Waals surface area contributed by atoms with Crippen LogP contribution in [0.3, 0.4) is 0 Å². The SMILES string of the molecule is NC(=O)CNC(=O)c1ccccc1SC(=O)c1c(F)cccc1C(F)(F)F. The lowest BCUT2D eigenvalue weighted by Gasteiger charge is -2.13. The summed E-state index contributed by atoms with van der Waals surface area (Å²) >= 11 is 0.274. The fourth-order valence-electron chi connectivity index (χ4n) is 2.12. The van der Waals surface area contributed by atoms with E-state index in [-0.39, 0.29) is 22.2 Å². The summed E-state index contributed by atoms with van der Waals surface area (Å²) in [6.45, 7) is -0.461. The van der Waals surface area contributed by atoms with E-state index >= 15 is 0 Å². The number of thioether (sulfide) groups is 1. The predicted molar refractivity (Wildman–Crippen MR) is 89.6 cm³/mol. The summed E-state index contributed by atoms with van der Waals surface area (Å²) in [6.07, 6.45) is -4.92. The summed E-state index contributed by atoms with van der Waals surface area (Å²) in [4.78, 5) is 35.2. The van der Waals surface area contributed by atoms with Crippen molar-refractivity contribution in [2.24, 2.45) is 5.73 Å². The summed E-state index contributed by atoms with van der Waals surface area (Å²) in [7, 11) is 0. The van der Waals surface area contributed by atoms with Crippen molar-refractivity contribution in [3.63, 3.8) is 0 Å². The van der Waals surface area contributed by atoms with Crippen LogP contribution in [0.25, 0.3) is 0 Å². The Morgan fingerprint density at radius 2 is 1.70 bits per heavy atom. The Kier molecular flexibility index (Phi) is 6.21. The van der Waals surface area contributed by atoms with Gasteiger partial charge in [-0.3, -0.25) is 14.4 Å². The Morgan fingerprint density at radius 1 is 1.04 bits per heavy atom.